The van der Waals surface area contributed by atoms with Gasteiger partial charge in [0.2, 0.25) is 5.56 Å². The topological polar surface area (TPSA) is 59.2 Å². The van der Waals surface area contributed by atoms with Gasteiger partial charge < -0.3 is 9.72 Å². The van der Waals surface area contributed by atoms with Gasteiger partial charge in [0.05, 0.1) is 5.52 Å². The lowest BCUT2D eigenvalue weighted by atomic mass is 10.1. The number of hydrogen-bond acceptors (Lipinski definition) is 3. The number of para-hydroxylation sites is 1. The van der Waals surface area contributed by atoms with Gasteiger partial charge in [0.15, 0.2) is 12.4 Å². The smallest absolute Gasteiger partial charge is 0.248 e. The van der Waals surface area contributed by atoms with Crippen molar-refractivity contribution in [3.05, 3.63) is 75.0 Å². The summed E-state index contributed by atoms with van der Waals surface area (Å²) in [6, 6.07) is 15.7. The van der Waals surface area contributed by atoms with E-state index in [9.17, 15) is 9.59 Å². The Labute approximate surface area is 134 Å². The number of pyridine rings is 1. The first-order valence-electron chi connectivity index (χ1n) is 6.67. The van der Waals surface area contributed by atoms with Gasteiger partial charge in [-0.3, -0.25) is 9.59 Å². The molecule has 0 atom stereocenters. The molecule has 4 nitrogen and oxygen atoms in total. The normalized spacial score (nSPS) is 10.6. The number of benzene rings is 2. The number of hydrogen-bond donors (Lipinski definition) is 1. The molecule has 0 saturated carbocycles. The van der Waals surface area contributed by atoms with Crippen molar-refractivity contribution in [2.24, 2.45) is 0 Å². The molecule has 0 unspecified atom stereocenters. The predicted molar refractivity (Wildman–Crippen MR) is 88.5 cm³/mol. The summed E-state index contributed by atoms with van der Waals surface area (Å²) >= 11 is 3.33. The molecule has 1 aromatic heterocycles. The molecular weight excluding hydrogens is 346 g/mol. The van der Waals surface area contributed by atoms with Crippen LogP contribution in [0.5, 0.6) is 5.75 Å². The number of Topliss-reactive ketones (excluding diaryl/α,β-unsaturated/α-hetero) is 1. The average Bonchev–Trinajstić information content (AvgIpc) is 2.53. The lowest BCUT2D eigenvalue weighted by molar-refractivity contribution is 0.0922. The van der Waals surface area contributed by atoms with E-state index in [-0.39, 0.29) is 17.9 Å². The number of H-pyrrole nitrogens is 1. The quantitative estimate of drug-likeness (QED) is 0.726. The van der Waals surface area contributed by atoms with Gasteiger partial charge in [-0.1, -0.05) is 40.2 Å². The van der Waals surface area contributed by atoms with Crippen molar-refractivity contribution >= 4 is 32.6 Å². The zero-order valence-electron chi connectivity index (χ0n) is 11.5. The van der Waals surface area contributed by atoms with Crippen molar-refractivity contribution in [3.8, 4) is 5.75 Å². The molecule has 0 spiro atoms. The highest BCUT2D eigenvalue weighted by Gasteiger charge is 2.09. The third kappa shape index (κ3) is 3.09. The fraction of sp³-hybridized carbons (Fsp3) is 0.0588. The number of rotatable bonds is 4. The summed E-state index contributed by atoms with van der Waals surface area (Å²) in [6.07, 6.45) is 0. The molecule has 0 saturated heterocycles. The molecule has 22 heavy (non-hydrogen) atoms. The van der Waals surface area contributed by atoms with Crippen LogP contribution in [0.4, 0.5) is 0 Å². The van der Waals surface area contributed by atoms with Crippen molar-refractivity contribution in [1.29, 1.82) is 0 Å². The van der Waals surface area contributed by atoms with Gasteiger partial charge in [-0.25, -0.2) is 0 Å². The van der Waals surface area contributed by atoms with Gasteiger partial charge >= 0.3 is 0 Å². The Bertz CT molecular complexity index is 884. The van der Waals surface area contributed by atoms with Crippen LogP contribution in [-0.2, 0) is 0 Å². The summed E-state index contributed by atoms with van der Waals surface area (Å²) in [5.74, 6) is 0.364. The molecule has 0 aliphatic carbocycles. The Morgan fingerprint density at radius 3 is 2.59 bits per heavy atom. The molecule has 0 amide bonds. The summed E-state index contributed by atoms with van der Waals surface area (Å²) in [7, 11) is 0. The van der Waals surface area contributed by atoms with E-state index in [1.165, 1.54) is 6.07 Å². The number of carbonyl (C=O) groups excluding carboxylic acids is 1. The van der Waals surface area contributed by atoms with Crippen molar-refractivity contribution in [2.45, 2.75) is 0 Å². The summed E-state index contributed by atoms with van der Waals surface area (Å²) in [5.41, 5.74) is 0.971. The van der Waals surface area contributed by atoms with Gasteiger partial charge in [0.25, 0.3) is 0 Å². The summed E-state index contributed by atoms with van der Waals surface area (Å²) in [4.78, 5) is 26.3. The summed E-state index contributed by atoms with van der Waals surface area (Å²) in [5, 5.41) is 0.855. The van der Waals surface area contributed by atoms with Crippen LogP contribution in [-0.4, -0.2) is 17.4 Å². The molecule has 3 rings (SSSR count). The van der Waals surface area contributed by atoms with Crippen LogP contribution < -0.4 is 10.3 Å². The zero-order chi connectivity index (χ0) is 15.5. The monoisotopic (exact) mass is 357 g/mol. The van der Waals surface area contributed by atoms with Crippen molar-refractivity contribution < 1.29 is 9.53 Å². The predicted octanol–water partition coefficient (Wildman–Crippen LogP) is 3.55. The minimum Gasteiger partial charge on any atom is -0.483 e. The molecule has 0 radical (unpaired) electrons. The Hall–Kier alpha value is -2.40. The van der Waals surface area contributed by atoms with E-state index in [1.54, 1.807) is 24.3 Å². The maximum absolute atomic E-state index is 12.1. The van der Waals surface area contributed by atoms with Crippen molar-refractivity contribution in [2.75, 3.05) is 6.61 Å². The molecule has 0 bridgehead atoms. The molecule has 2 aromatic carbocycles. The van der Waals surface area contributed by atoms with Gasteiger partial charge in [0.1, 0.15) is 5.75 Å². The number of aromatic amines is 1. The minimum atomic E-state index is -0.206. The van der Waals surface area contributed by atoms with E-state index >= 15 is 0 Å². The number of ketones is 1. The Kier molecular flexibility index (Phi) is 4.06. The van der Waals surface area contributed by atoms with Crippen LogP contribution in [0.15, 0.2) is 63.9 Å². The summed E-state index contributed by atoms with van der Waals surface area (Å²) in [6.45, 7) is -0.0856. The minimum absolute atomic E-state index is 0.0856. The van der Waals surface area contributed by atoms with E-state index in [0.29, 0.717) is 16.8 Å². The number of aromatic nitrogens is 1. The molecule has 1 heterocycles. The van der Waals surface area contributed by atoms with Crippen LogP contribution in [0.25, 0.3) is 10.9 Å². The van der Waals surface area contributed by atoms with Gasteiger partial charge in [-0.15, -0.1) is 0 Å². The largest absolute Gasteiger partial charge is 0.483 e. The molecule has 5 heteroatoms. The first kappa shape index (κ1) is 14.5. The second kappa shape index (κ2) is 6.15. The van der Waals surface area contributed by atoms with E-state index < -0.39 is 0 Å². The molecular formula is C17H12BrNO3. The molecule has 0 aliphatic rings. The number of fused-ring (bicyclic) bond motifs is 1. The van der Waals surface area contributed by atoms with Crippen LogP contribution in [0.2, 0.25) is 0 Å². The highest BCUT2D eigenvalue weighted by molar-refractivity contribution is 9.10. The second-order valence-electron chi connectivity index (χ2n) is 4.76. The number of halogens is 1. The fourth-order valence-corrected chi connectivity index (χ4v) is 2.40. The van der Waals surface area contributed by atoms with Crippen molar-refractivity contribution in [1.82, 2.24) is 4.98 Å². The molecule has 1 N–H and O–H groups in total. The van der Waals surface area contributed by atoms with Gasteiger partial charge in [-0.2, -0.15) is 0 Å². The lowest BCUT2D eigenvalue weighted by Crippen LogP contribution is -2.12. The average molecular weight is 358 g/mol. The summed E-state index contributed by atoms with van der Waals surface area (Å²) < 4.78 is 6.50. The molecule has 0 aliphatic heterocycles. The van der Waals surface area contributed by atoms with Crippen LogP contribution in [0.1, 0.15) is 10.4 Å². The Balaban J connectivity index is 1.82. The van der Waals surface area contributed by atoms with E-state index in [1.807, 2.05) is 24.3 Å². The highest BCUT2D eigenvalue weighted by Crippen LogP contribution is 2.22. The molecule has 0 fully saturated rings. The molecule has 110 valence electrons. The lowest BCUT2D eigenvalue weighted by Gasteiger charge is -2.08. The Morgan fingerprint density at radius 2 is 1.82 bits per heavy atom. The fourth-order valence-electron chi connectivity index (χ4n) is 2.13. The maximum Gasteiger partial charge on any atom is 0.248 e. The van der Waals surface area contributed by atoms with Crippen LogP contribution >= 0.6 is 15.9 Å². The first-order chi connectivity index (χ1) is 10.6. The standard InChI is InChI=1S/C17H12BrNO3/c18-13-7-4-11(5-8-13)14(20)10-22-15-3-1-2-12-6-9-16(21)19-17(12)15/h1-9H,10H2,(H,19,21). The number of ether oxygens (including phenoxy) is 1. The SMILES string of the molecule is O=C(COc1cccc2ccc(=O)[nH]c12)c1ccc(Br)cc1. The number of carbonyl (C=O) groups is 1. The van der Waals surface area contributed by atoms with Crippen LogP contribution in [0, 0.1) is 0 Å². The van der Waals surface area contributed by atoms with Gasteiger partial charge in [0, 0.05) is 21.5 Å². The second-order valence-corrected chi connectivity index (χ2v) is 5.68. The Morgan fingerprint density at radius 1 is 1.05 bits per heavy atom. The van der Waals surface area contributed by atoms with Gasteiger partial charge in [-0.05, 0) is 24.3 Å². The zero-order valence-corrected chi connectivity index (χ0v) is 13.1. The third-order valence-electron chi connectivity index (χ3n) is 3.25. The van der Waals surface area contributed by atoms with E-state index in [4.69, 9.17) is 4.74 Å². The van der Waals surface area contributed by atoms with Crippen molar-refractivity contribution in [3.63, 3.8) is 0 Å². The number of nitrogens with one attached hydrogen (secondary N) is 1. The van der Waals surface area contributed by atoms with Crippen LogP contribution in [0.3, 0.4) is 0 Å². The van der Waals surface area contributed by atoms with E-state index in [0.717, 1.165) is 9.86 Å². The highest BCUT2D eigenvalue weighted by atomic mass is 79.9. The third-order valence-corrected chi connectivity index (χ3v) is 3.77. The maximum atomic E-state index is 12.1. The van der Waals surface area contributed by atoms with E-state index in [2.05, 4.69) is 20.9 Å². The first-order valence-corrected chi connectivity index (χ1v) is 7.46. The molecule has 3 aromatic rings.